The highest BCUT2D eigenvalue weighted by molar-refractivity contribution is 7.98. The zero-order valence-corrected chi connectivity index (χ0v) is 9.08. The molecule has 0 unspecified atom stereocenters. The summed E-state index contributed by atoms with van der Waals surface area (Å²) in [7, 11) is 1.95. The number of nitrogens with zero attached hydrogens (tertiary/aromatic N) is 3. The van der Waals surface area contributed by atoms with Crippen LogP contribution in [0, 0.1) is 0 Å². The van der Waals surface area contributed by atoms with Crippen molar-refractivity contribution in [1.82, 2.24) is 20.1 Å². The zero-order valence-electron chi connectivity index (χ0n) is 8.27. The van der Waals surface area contributed by atoms with Crippen LogP contribution in [0.25, 0.3) is 0 Å². The number of hydrogen-bond acceptors (Lipinski definition) is 5. The van der Waals surface area contributed by atoms with Gasteiger partial charge in [0.15, 0.2) is 11.0 Å². The van der Waals surface area contributed by atoms with Crippen LogP contribution in [-0.2, 0) is 7.05 Å². The molecule has 0 radical (unpaired) electrons. The lowest BCUT2D eigenvalue weighted by molar-refractivity contribution is 0.192. The van der Waals surface area contributed by atoms with Crippen molar-refractivity contribution >= 4 is 11.8 Å². The Bertz CT molecular complexity index is 327. The van der Waals surface area contributed by atoms with Gasteiger partial charge in [-0.15, -0.1) is 10.2 Å². The standard InChI is InChI=1S/C8H14N4OS/c1-12-7(10-11-8(12)14-2)6-3-5(13)4-9-6/h5-6,9,13H,3-4H2,1-2H3/t5-,6+/m1/s1. The van der Waals surface area contributed by atoms with Crippen molar-refractivity contribution in [2.45, 2.75) is 23.7 Å². The van der Waals surface area contributed by atoms with E-state index in [1.807, 2.05) is 17.9 Å². The van der Waals surface area contributed by atoms with Crippen molar-refractivity contribution in [3.8, 4) is 0 Å². The summed E-state index contributed by atoms with van der Waals surface area (Å²) in [5.74, 6) is 0.908. The van der Waals surface area contributed by atoms with Crippen molar-refractivity contribution < 1.29 is 5.11 Å². The number of aromatic nitrogens is 3. The van der Waals surface area contributed by atoms with Crippen LogP contribution in [0.5, 0.6) is 0 Å². The van der Waals surface area contributed by atoms with E-state index in [0.29, 0.717) is 6.54 Å². The maximum Gasteiger partial charge on any atom is 0.190 e. The fourth-order valence-electron chi connectivity index (χ4n) is 1.72. The minimum absolute atomic E-state index is 0.142. The fourth-order valence-corrected chi connectivity index (χ4v) is 2.21. The molecule has 1 aromatic heterocycles. The Labute approximate surface area is 86.9 Å². The number of aliphatic hydroxyl groups excluding tert-OH is 1. The van der Waals surface area contributed by atoms with Gasteiger partial charge in [0.2, 0.25) is 0 Å². The molecule has 1 aliphatic rings. The average molecular weight is 214 g/mol. The molecule has 1 aliphatic heterocycles. The number of hydrogen-bond donors (Lipinski definition) is 2. The fraction of sp³-hybridized carbons (Fsp3) is 0.750. The smallest absolute Gasteiger partial charge is 0.190 e. The molecular weight excluding hydrogens is 200 g/mol. The first-order chi connectivity index (χ1) is 6.72. The lowest BCUT2D eigenvalue weighted by Crippen LogP contribution is -2.17. The molecule has 1 fully saturated rings. The van der Waals surface area contributed by atoms with E-state index in [9.17, 15) is 5.11 Å². The molecule has 78 valence electrons. The Morgan fingerprint density at radius 2 is 2.36 bits per heavy atom. The molecule has 0 bridgehead atoms. The van der Waals surface area contributed by atoms with Crippen molar-refractivity contribution in [2.24, 2.45) is 7.05 Å². The number of rotatable bonds is 2. The van der Waals surface area contributed by atoms with E-state index in [0.717, 1.165) is 17.4 Å². The van der Waals surface area contributed by atoms with Gasteiger partial charge in [-0.1, -0.05) is 11.8 Å². The molecule has 0 amide bonds. The quantitative estimate of drug-likeness (QED) is 0.675. The first-order valence-electron chi connectivity index (χ1n) is 4.57. The molecule has 6 heteroatoms. The van der Waals surface area contributed by atoms with E-state index in [-0.39, 0.29) is 12.1 Å². The minimum Gasteiger partial charge on any atom is -0.392 e. The topological polar surface area (TPSA) is 63.0 Å². The van der Waals surface area contributed by atoms with Gasteiger partial charge >= 0.3 is 0 Å². The molecule has 14 heavy (non-hydrogen) atoms. The second-order valence-electron chi connectivity index (χ2n) is 3.45. The largest absolute Gasteiger partial charge is 0.392 e. The predicted molar refractivity (Wildman–Crippen MR) is 54.2 cm³/mol. The molecule has 0 aliphatic carbocycles. The van der Waals surface area contributed by atoms with Crippen LogP contribution in [0.1, 0.15) is 18.3 Å². The summed E-state index contributed by atoms with van der Waals surface area (Å²) in [5, 5.41) is 21.7. The SMILES string of the molecule is CSc1nnc([C@@H]2C[C@@H](O)CN2)n1C. The van der Waals surface area contributed by atoms with Gasteiger partial charge in [0.25, 0.3) is 0 Å². The lowest BCUT2D eigenvalue weighted by atomic mass is 10.2. The Morgan fingerprint density at radius 1 is 1.57 bits per heavy atom. The summed E-state index contributed by atoms with van der Waals surface area (Å²) in [6.45, 7) is 0.645. The van der Waals surface area contributed by atoms with Gasteiger partial charge in [-0.25, -0.2) is 0 Å². The van der Waals surface area contributed by atoms with E-state index in [4.69, 9.17) is 0 Å². The Morgan fingerprint density at radius 3 is 2.86 bits per heavy atom. The zero-order chi connectivity index (χ0) is 10.1. The highest BCUT2D eigenvalue weighted by atomic mass is 32.2. The van der Waals surface area contributed by atoms with E-state index in [1.165, 1.54) is 0 Å². The molecular formula is C8H14N4OS. The van der Waals surface area contributed by atoms with Gasteiger partial charge in [0, 0.05) is 13.6 Å². The van der Waals surface area contributed by atoms with Crippen LogP contribution in [0.2, 0.25) is 0 Å². The molecule has 2 rings (SSSR count). The first-order valence-corrected chi connectivity index (χ1v) is 5.79. The first kappa shape index (κ1) is 9.95. The third-order valence-electron chi connectivity index (χ3n) is 2.47. The van der Waals surface area contributed by atoms with Crippen LogP contribution in [0.4, 0.5) is 0 Å². The van der Waals surface area contributed by atoms with Gasteiger partial charge < -0.3 is 15.0 Å². The second-order valence-corrected chi connectivity index (χ2v) is 4.23. The van der Waals surface area contributed by atoms with Crippen molar-refractivity contribution in [3.63, 3.8) is 0 Å². The van der Waals surface area contributed by atoms with Crippen LogP contribution < -0.4 is 5.32 Å². The van der Waals surface area contributed by atoms with Crippen molar-refractivity contribution in [3.05, 3.63) is 5.82 Å². The van der Waals surface area contributed by atoms with E-state index in [2.05, 4.69) is 15.5 Å². The van der Waals surface area contributed by atoms with Gasteiger partial charge in [-0.2, -0.15) is 0 Å². The summed E-state index contributed by atoms with van der Waals surface area (Å²) in [5.41, 5.74) is 0. The molecule has 5 nitrogen and oxygen atoms in total. The van der Waals surface area contributed by atoms with E-state index < -0.39 is 0 Å². The lowest BCUT2D eigenvalue weighted by Gasteiger charge is -2.08. The van der Waals surface area contributed by atoms with Gasteiger partial charge in [0.1, 0.15) is 0 Å². The average Bonchev–Trinajstić information content (AvgIpc) is 2.72. The molecule has 2 atom stereocenters. The Kier molecular flexibility index (Phi) is 2.76. The van der Waals surface area contributed by atoms with Crippen LogP contribution >= 0.6 is 11.8 Å². The van der Waals surface area contributed by atoms with E-state index in [1.54, 1.807) is 11.8 Å². The summed E-state index contributed by atoms with van der Waals surface area (Å²) < 4.78 is 1.97. The molecule has 2 N–H and O–H groups in total. The Hall–Kier alpha value is -0.590. The number of aliphatic hydroxyl groups is 1. The van der Waals surface area contributed by atoms with Crippen molar-refractivity contribution in [2.75, 3.05) is 12.8 Å². The molecule has 0 saturated carbocycles. The minimum atomic E-state index is -0.255. The monoisotopic (exact) mass is 214 g/mol. The Balaban J connectivity index is 2.20. The van der Waals surface area contributed by atoms with Crippen LogP contribution in [0.15, 0.2) is 5.16 Å². The molecule has 1 saturated heterocycles. The van der Waals surface area contributed by atoms with Crippen molar-refractivity contribution in [1.29, 1.82) is 0 Å². The molecule has 2 heterocycles. The maximum absolute atomic E-state index is 9.39. The maximum atomic E-state index is 9.39. The van der Waals surface area contributed by atoms with E-state index >= 15 is 0 Å². The van der Waals surface area contributed by atoms with Gasteiger partial charge in [0.05, 0.1) is 12.1 Å². The summed E-state index contributed by atoms with van der Waals surface area (Å²) in [4.78, 5) is 0. The summed E-state index contributed by atoms with van der Waals surface area (Å²) in [6.07, 6.45) is 2.44. The summed E-state index contributed by atoms with van der Waals surface area (Å²) in [6, 6.07) is 0.142. The highest BCUT2D eigenvalue weighted by Gasteiger charge is 2.27. The second kappa shape index (κ2) is 3.88. The predicted octanol–water partition coefficient (Wildman–Crippen LogP) is -0.0677. The molecule has 1 aromatic rings. The van der Waals surface area contributed by atoms with Gasteiger partial charge in [-0.05, 0) is 12.7 Å². The third kappa shape index (κ3) is 1.65. The van der Waals surface area contributed by atoms with Crippen LogP contribution in [0.3, 0.4) is 0 Å². The number of nitrogens with one attached hydrogen (secondary N) is 1. The normalized spacial score (nSPS) is 27.1. The van der Waals surface area contributed by atoms with Gasteiger partial charge in [-0.3, -0.25) is 0 Å². The highest BCUT2D eigenvalue weighted by Crippen LogP contribution is 2.23. The van der Waals surface area contributed by atoms with Crippen LogP contribution in [-0.4, -0.2) is 38.8 Å². The summed E-state index contributed by atoms with van der Waals surface area (Å²) >= 11 is 1.57. The molecule has 0 spiro atoms. The number of β-amino-alcohol motifs (C(OH)–C–C–N with tert-alkyl or cyclic N) is 1. The third-order valence-corrected chi connectivity index (χ3v) is 3.19. The number of thioether (sulfide) groups is 1. The molecule has 0 aromatic carbocycles.